The quantitative estimate of drug-likeness (QED) is 0.0288. The first kappa shape index (κ1) is 48.7. The van der Waals surface area contributed by atoms with E-state index in [-0.39, 0.29) is 19.1 Å². The molecule has 8 nitrogen and oxygen atoms in total. The molecule has 294 valence electrons. The Morgan fingerprint density at radius 1 is 0.700 bits per heavy atom. The van der Waals surface area contributed by atoms with Gasteiger partial charge in [0.25, 0.3) is 7.82 Å². The Kier molecular flexibility index (Phi) is 32.7. The van der Waals surface area contributed by atoms with Crippen molar-refractivity contribution in [3.05, 3.63) is 36.5 Å². The van der Waals surface area contributed by atoms with Gasteiger partial charge in [-0.15, -0.1) is 0 Å². The molecule has 3 unspecified atom stereocenters. The lowest BCUT2D eigenvalue weighted by Gasteiger charge is -2.29. The van der Waals surface area contributed by atoms with Crippen LogP contribution in [-0.2, 0) is 18.4 Å². The molecule has 0 heterocycles. The first-order valence-corrected chi connectivity index (χ1v) is 21.8. The number of carbonyl (C=O) groups is 1. The zero-order valence-corrected chi connectivity index (χ0v) is 34.0. The summed E-state index contributed by atoms with van der Waals surface area (Å²) < 4.78 is 23.1. The summed E-state index contributed by atoms with van der Waals surface area (Å²) in [7, 11) is 1.25. The van der Waals surface area contributed by atoms with Crippen molar-refractivity contribution in [3.63, 3.8) is 0 Å². The van der Waals surface area contributed by atoms with Gasteiger partial charge in [-0.3, -0.25) is 9.36 Å². The molecule has 0 saturated carbocycles. The third-order valence-electron chi connectivity index (χ3n) is 8.84. The fraction of sp³-hybridized carbons (Fsp3) is 0.829. The molecule has 0 aliphatic carbocycles. The van der Waals surface area contributed by atoms with E-state index in [4.69, 9.17) is 9.05 Å². The number of aliphatic hydroxyl groups is 1. The molecule has 0 rings (SSSR count). The van der Waals surface area contributed by atoms with E-state index in [0.717, 1.165) is 57.8 Å². The number of hydrogen-bond donors (Lipinski definition) is 2. The molecule has 1 amide bonds. The SMILES string of the molecule is CCCCC/C=C\C/C=C\CCCCCCCCCC(=O)NC(COP(=O)([O-])OCC[N+](C)(C)C)C(O)/C=C/CCCCCCCCCCC. The number of quaternary nitrogens is 1. The number of rotatable bonds is 36. The molecule has 0 aromatic heterocycles. The van der Waals surface area contributed by atoms with Crippen LogP contribution in [0.2, 0.25) is 0 Å². The number of aliphatic hydroxyl groups excluding tert-OH is 1. The minimum Gasteiger partial charge on any atom is -0.756 e. The maximum atomic E-state index is 12.8. The van der Waals surface area contributed by atoms with Crippen LogP contribution in [-0.4, -0.2) is 68.5 Å². The topological polar surface area (TPSA) is 108 Å². The van der Waals surface area contributed by atoms with E-state index in [1.165, 1.54) is 89.9 Å². The largest absolute Gasteiger partial charge is 0.756 e. The minimum atomic E-state index is -4.58. The second kappa shape index (κ2) is 33.5. The summed E-state index contributed by atoms with van der Waals surface area (Å²) in [5.41, 5.74) is 0. The van der Waals surface area contributed by atoms with Gasteiger partial charge in [-0.2, -0.15) is 0 Å². The summed E-state index contributed by atoms with van der Waals surface area (Å²) in [6.45, 7) is 4.58. The van der Waals surface area contributed by atoms with E-state index in [9.17, 15) is 19.4 Å². The number of nitrogens with one attached hydrogen (secondary N) is 1. The van der Waals surface area contributed by atoms with Crippen molar-refractivity contribution < 1.29 is 32.9 Å². The van der Waals surface area contributed by atoms with Crippen LogP contribution in [0.15, 0.2) is 36.5 Å². The summed E-state index contributed by atoms with van der Waals surface area (Å²) >= 11 is 0. The number of amides is 1. The van der Waals surface area contributed by atoms with Crippen LogP contribution in [0.25, 0.3) is 0 Å². The van der Waals surface area contributed by atoms with Gasteiger partial charge in [-0.05, 0) is 51.4 Å². The Morgan fingerprint density at radius 2 is 1.16 bits per heavy atom. The first-order chi connectivity index (χ1) is 24.0. The standard InChI is InChI=1S/C41H79N2O6P/c1-6-8-10-12-14-16-18-19-20-21-22-23-25-27-29-31-33-35-41(45)42-39(38-49-50(46,47)48-37-36-43(3,4)5)40(44)34-32-30-28-26-24-17-15-13-11-9-7-2/h14,16,19-20,32,34,39-40,44H,6-13,15,17-18,21-31,33,35-38H2,1-5H3,(H-,42,45,46,47)/b16-14-,20-19-,34-32+. The summed E-state index contributed by atoms with van der Waals surface area (Å²) in [4.78, 5) is 25.2. The summed E-state index contributed by atoms with van der Waals surface area (Å²) in [6.07, 6.45) is 38.9. The fourth-order valence-corrected chi connectivity index (χ4v) is 6.26. The molecule has 0 saturated heterocycles. The lowest BCUT2D eigenvalue weighted by Crippen LogP contribution is -2.45. The maximum Gasteiger partial charge on any atom is 0.268 e. The second-order valence-electron chi connectivity index (χ2n) is 15.0. The molecule has 0 aliphatic rings. The Labute approximate surface area is 308 Å². The van der Waals surface area contributed by atoms with Crippen LogP contribution in [0.3, 0.4) is 0 Å². The van der Waals surface area contributed by atoms with Gasteiger partial charge in [0.2, 0.25) is 5.91 Å². The summed E-state index contributed by atoms with van der Waals surface area (Å²) in [5.74, 6) is -0.209. The van der Waals surface area contributed by atoms with Gasteiger partial charge < -0.3 is 28.8 Å². The molecule has 0 bridgehead atoms. The number of nitrogens with zero attached hydrogens (tertiary/aromatic N) is 1. The Bertz CT molecular complexity index is 917. The van der Waals surface area contributed by atoms with Gasteiger partial charge in [0.05, 0.1) is 39.9 Å². The van der Waals surface area contributed by atoms with Crippen LogP contribution in [0.4, 0.5) is 0 Å². The average molecular weight is 727 g/mol. The molecule has 0 aromatic carbocycles. The summed E-state index contributed by atoms with van der Waals surface area (Å²) in [6, 6.07) is -0.887. The molecule has 9 heteroatoms. The van der Waals surface area contributed by atoms with Crippen LogP contribution in [0.1, 0.15) is 168 Å². The van der Waals surface area contributed by atoms with Crippen molar-refractivity contribution in [1.82, 2.24) is 5.32 Å². The highest BCUT2D eigenvalue weighted by Crippen LogP contribution is 2.38. The molecular weight excluding hydrogens is 647 g/mol. The van der Waals surface area contributed by atoms with Gasteiger partial charge in [-0.25, -0.2) is 0 Å². The lowest BCUT2D eigenvalue weighted by molar-refractivity contribution is -0.870. The molecular formula is C41H79N2O6P. The zero-order valence-electron chi connectivity index (χ0n) is 33.1. The van der Waals surface area contributed by atoms with Gasteiger partial charge >= 0.3 is 0 Å². The zero-order chi connectivity index (χ0) is 37.2. The van der Waals surface area contributed by atoms with Gasteiger partial charge in [0.1, 0.15) is 13.2 Å². The van der Waals surface area contributed by atoms with E-state index < -0.39 is 20.0 Å². The number of hydrogen-bond acceptors (Lipinski definition) is 6. The van der Waals surface area contributed by atoms with E-state index in [1.54, 1.807) is 6.08 Å². The van der Waals surface area contributed by atoms with Crippen molar-refractivity contribution in [2.75, 3.05) is 40.9 Å². The van der Waals surface area contributed by atoms with Crippen LogP contribution >= 0.6 is 7.82 Å². The number of unbranched alkanes of at least 4 members (excludes halogenated alkanes) is 19. The van der Waals surface area contributed by atoms with Crippen molar-refractivity contribution in [1.29, 1.82) is 0 Å². The third-order valence-corrected chi connectivity index (χ3v) is 9.81. The lowest BCUT2D eigenvalue weighted by atomic mass is 10.1. The Hall–Kier alpha value is -1.28. The Morgan fingerprint density at radius 3 is 1.70 bits per heavy atom. The van der Waals surface area contributed by atoms with Crippen molar-refractivity contribution in [2.24, 2.45) is 0 Å². The van der Waals surface area contributed by atoms with Crippen LogP contribution in [0, 0.1) is 0 Å². The number of likely N-dealkylation sites (N-methyl/N-ethyl adjacent to an activating group) is 1. The van der Waals surface area contributed by atoms with Crippen molar-refractivity contribution in [2.45, 2.75) is 180 Å². The van der Waals surface area contributed by atoms with Crippen molar-refractivity contribution in [3.8, 4) is 0 Å². The number of carbonyl (C=O) groups excluding carboxylic acids is 1. The highest BCUT2D eigenvalue weighted by atomic mass is 31.2. The van der Waals surface area contributed by atoms with Crippen molar-refractivity contribution >= 4 is 13.7 Å². The molecule has 0 radical (unpaired) electrons. The maximum absolute atomic E-state index is 12.8. The van der Waals surface area contributed by atoms with Crippen LogP contribution in [0.5, 0.6) is 0 Å². The van der Waals surface area contributed by atoms with Gasteiger partial charge in [0, 0.05) is 6.42 Å². The number of phosphoric acid groups is 1. The van der Waals surface area contributed by atoms with E-state index in [1.807, 2.05) is 27.2 Å². The average Bonchev–Trinajstić information content (AvgIpc) is 3.06. The predicted octanol–water partition coefficient (Wildman–Crippen LogP) is 10.1. The predicted molar refractivity (Wildman–Crippen MR) is 210 cm³/mol. The van der Waals surface area contributed by atoms with E-state index in [0.29, 0.717) is 17.4 Å². The monoisotopic (exact) mass is 727 g/mol. The number of phosphoric ester groups is 1. The molecule has 2 N–H and O–H groups in total. The summed E-state index contributed by atoms with van der Waals surface area (Å²) in [5, 5.41) is 13.7. The minimum absolute atomic E-state index is 0.00330. The van der Waals surface area contributed by atoms with E-state index in [2.05, 4.69) is 43.5 Å². The highest BCUT2D eigenvalue weighted by molar-refractivity contribution is 7.45. The van der Waals surface area contributed by atoms with Gasteiger partial charge in [0.15, 0.2) is 0 Å². The normalized spacial score (nSPS) is 14.9. The fourth-order valence-electron chi connectivity index (χ4n) is 5.53. The number of allylic oxidation sites excluding steroid dienone is 5. The molecule has 0 spiro atoms. The first-order valence-electron chi connectivity index (χ1n) is 20.4. The smallest absolute Gasteiger partial charge is 0.268 e. The van der Waals surface area contributed by atoms with Gasteiger partial charge in [-0.1, -0.05) is 147 Å². The second-order valence-corrected chi connectivity index (χ2v) is 16.4. The molecule has 0 aliphatic heterocycles. The Balaban J connectivity index is 4.47. The third kappa shape index (κ3) is 35.1. The molecule has 0 aromatic rings. The molecule has 0 fully saturated rings. The van der Waals surface area contributed by atoms with Crippen LogP contribution < -0.4 is 10.2 Å². The highest BCUT2D eigenvalue weighted by Gasteiger charge is 2.23. The molecule has 3 atom stereocenters. The molecule has 50 heavy (non-hydrogen) atoms. The van der Waals surface area contributed by atoms with E-state index >= 15 is 0 Å².